The molecule has 362 valence electrons. The van der Waals surface area contributed by atoms with E-state index >= 15 is 0 Å². The summed E-state index contributed by atoms with van der Waals surface area (Å²) in [6, 6.07) is 15.8. The van der Waals surface area contributed by atoms with Crippen LogP contribution >= 0.6 is 0 Å². The molecule has 2 atom stereocenters. The molecule has 4 saturated heterocycles. The molecule has 6 aliphatic rings. The number of carbonyl (C=O) groups excluding carboxylic acids is 4. The Morgan fingerprint density at radius 1 is 0.826 bits per heavy atom. The van der Waals surface area contributed by atoms with E-state index < -0.39 is 6.04 Å². The minimum atomic E-state index is -0.589. The van der Waals surface area contributed by atoms with Gasteiger partial charge < -0.3 is 24.0 Å². The van der Waals surface area contributed by atoms with E-state index in [1.807, 2.05) is 32.2 Å². The number of amides is 4. The number of piperidine rings is 4. The number of likely N-dealkylation sites (tertiary alicyclic amines) is 2. The predicted molar refractivity (Wildman–Crippen MR) is 263 cm³/mol. The number of carbonyl (C=O) groups is 4. The average Bonchev–Trinajstić information content (AvgIpc) is 4.00. The first kappa shape index (κ1) is 45.3. The van der Waals surface area contributed by atoms with Crippen LogP contribution in [-0.2, 0) is 36.3 Å². The van der Waals surface area contributed by atoms with Gasteiger partial charge in [0.05, 0.1) is 35.1 Å². The largest absolute Gasteiger partial charge is 0.477 e. The quantitative estimate of drug-likeness (QED) is 0.178. The summed E-state index contributed by atoms with van der Waals surface area (Å²) >= 11 is 0. The molecule has 4 amide bonds. The molecule has 11 rings (SSSR count). The molecular formula is C53H65N11O5. The van der Waals surface area contributed by atoms with E-state index in [-0.39, 0.29) is 30.0 Å². The van der Waals surface area contributed by atoms with Crippen molar-refractivity contribution in [2.45, 2.75) is 104 Å². The van der Waals surface area contributed by atoms with Gasteiger partial charge in [-0.1, -0.05) is 13.0 Å². The highest BCUT2D eigenvalue weighted by Crippen LogP contribution is 2.42. The lowest BCUT2D eigenvalue weighted by Gasteiger charge is -2.47. The first-order valence-electron chi connectivity index (χ1n) is 25.4. The number of imide groups is 1. The molecule has 2 bridgehead atoms. The van der Waals surface area contributed by atoms with E-state index in [1.165, 1.54) is 50.9 Å². The number of hydrogen-bond acceptors (Lipinski definition) is 11. The van der Waals surface area contributed by atoms with E-state index in [1.54, 1.807) is 15.8 Å². The van der Waals surface area contributed by atoms with Crippen molar-refractivity contribution in [2.24, 2.45) is 24.3 Å². The Labute approximate surface area is 403 Å². The second-order valence-electron chi connectivity index (χ2n) is 21.0. The van der Waals surface area contributed by atoms with Gasteiger partial charge in [0.25, 0.3) is 11.8 Å². The Bertz CT molecular complexity index is 2790. The number of rotatable bonds is 6. The molecule has 0 aliphatic carbocycles. The number of ether oxygens (including phenoxy) is 1. The van der Waals surface area contributed by atoms with Crippen LogP contribution in [-0.4, -0.2) is 121 Å². The molecule has 6 aliphatic heterocycles. The van der Waals surface area contributed by atoms with E-state index in [4.69, 9.17) is 14.7 Å². The third-order valence-corrected chi connectivity index (χ3v) is 16.2. The Morgan fingerprint density at radius 2 is 1.61 bits per heavy atom. The van der Waals surface area contributed by atoms with Gasteiger partial charge in [-0.25, -0.2) is 9.67 Å². The maximum atomic E-state index is 13.9. The van der Waals surface area contributed by atoms with Gasteiger partial charge in [0.2, 0.25) is 23.6 Å². The van der Waals surface area contributed by atoms with Crippen LogP contribution in [0.1, 0.15) is 109 Å². The third kappa shape index (κ3) is 9.25. The highest BCUT2D eigenvalue weighted by atomic mass is 16.5. The fourth-order valence-electron chi connectivity index (χ4n) is 12.1. The fourth-order valence-corrected chi connectivity index (χ4v) is 12.1. The molecule has 0 saturated carbocycles. The first-order valence-corrected chi connectivity index (χ1v) is 25.4. The summed E-state index contributed by atoms with van der Waals surface area (Å²) in [6.45, 7) is 14.5. The van der Waals surface area contributed by atoms with Crippen LogP contribution in [0, 0.1) is 24.2 Å². The van der Waals surface area contributed by atoms with Crippen molar-refractivity contribution < 1.29 is 23.9 Å². The van der Waals surface area contributed by atoms with Crippen LogP contribution in [0.25, 0.3) is 22.3 Å². The molecule has 0 radical (unpaired) electrons. The van der Waals surface area contributed by atoms with Crippen LogP contribution in [0.3, 0.4) is 0 Å². The van der Waals surface area contributed by atoms with Crippen LogP contribution in [0.2, 0.25) is 0 Å². The number of fused-ring (bicyclic) bond motifs is 8. The number of pyridine rings is 1. The molecule has 2 N–H and O–H groups in total. The second-order valence-corrected chi connectivity index (χ2v) is 21.0. The van der Waals surface area contributed by atoms with Crippen LogP contribution in [0.5, 0.6) is 5.88 Å². The van der Waals surface area contributed by atoms with Gasteiger partial charge in [-0.15, -0.1) is 0 Å². The Hall–Kier alpha value is -6.13. The molecule has 69 heavy (non-hydrogen) atoms. The molecule has 4 fully saturated rings. The summed E-state index contributed by atoms with van der Waals surface area (Å²) in [5.41, 5.74) is 9.10. The zero-order chi connectivity index (χ0) is 47.4. The van der Waals surface area contributed by atoms with E-state index in [9.17, 15) is 19.2 Å². The molecule has 2 aromatic carbocycles. The monoisotopic (exact) mass is 936 g/mol. The molecule has 16 heteroatoms. The smallest absolute Gasteiger partial charge is 0.258 e. The van der Waals surface area contributed by atoms with Gasteiger partial charge in [-0.3, -0.25) is 39.7 Å². The second kappa shape index (κ2) is 18.6. The van der Waals surface area contributed by atoms with Crippen molar-refractivity contribution in [1.29, 1.82) is 0 Å². The number of aryl methyl sites for hydroxylation is 2. The minimum Gasteiger partial charge on any atom is -0.477 e. The molecular weight excluding hydrogens is 871 g/mol. The lowest BCUT2D eigenvalue weighted by atomic mass is 9.71. The minimum absolute atomic E-state index is 0.119. The molecule has 3 aromatic heterocycles. The standard InChI is InChI=1S/C53H65N11O5/c1-34-5-4-24-69-51-42(29-54-59(51)3)44-28-38(25-35(2)55-44)48(66)58-52-56-43-9-6-37(26-46(43)64(52)30-34)32-61-22-16-53(17-23-61)14-20-60(21-15-53)31-36-12-18-62(19-13-36)40-7-8-41-39(27-40)33-63(50(41)68)45-10-11-47(65)57-49(45)67/h6-9,25-29,34,36,45H,4-5,10-24,30-33H2,1-3H3,(H,56,58,66)(H,57,65,67)/t34-,45?/m1/s1. The predicted octanol–water partition coefficient (Wildman–Crippen LogP) is 6.56. The molecule has 1 unspecified atom stereocenters. The van der Waals surface area contributed by atoms with Gasteiger partial charge in [0.15, 0.2) is 0 Å². The van der Waals surface area contributed by atoms with Crippen LogP contribution in [0.4, 0.5) is 11.6 Å². The maximum Gasteiger partial charge on any atom is 0.258 e. The van der Waals surface area contributed by atoms with Crippen molar-refractivity contribution in [3.8, 4) is 17.1 Å². The zero-order valence-electron chi connectivity index (χ0n) is 40.3. The lowest BCUT2D eigenvalue weighted by molar-refractivity contribution is -0.136. The van der Waals surface area contributed by atoms with Crippen molar-refractivity contribution in [3.63, 3.8) is 0 Å². The highest BCUT2D eigenvalue weighted by Gasteiger charge is 2.40. The van der Waals surface area contributed by atoms with E-state index in [0.717, 1.165) is 98.5 Å². The molecule has 5 aromatic rings. The molecule has 16 nitrogen and oxygen atoms in total. The summed E-state index contributed by atoms with van der Waals surface area (Å²) in [4.78, 5) is 70.6. The van der Waals surface area contributed by atoms with Crippen molar-refractivity contribution in [3.05, 3.63) is 82.7 Å². The highest BCUT2D eigenvalue weighted by molar-refractivity contribution is 6.06. The summed E-state index contributed by atoms with van der Waals surface area (Å²) in [6.07, 6.45) is 11.6. The summed E-state index contributed by atoms with van der Waals surface area (Å²) in [7, 11) is 1.87. The van der Waals surface area contributed by atoms with Gasteiger partial charge in [0, 0.05) is 75.2 Å². The Morgan fingerprint density at radius 3 is 2.39 bits per heavy atom. The third-order valence-electron chi connectivity index (χ3n) is 16.2. The number of hydrogen-bond donors (Lipinski definition) is 2. The van der Waals surface area contributed by atoms with Crippen molar-refractivity contribution in [1.82, 2.24) is 44.3 Å². The topological polar surface area (TPSA) is 163 Å². The summed E-state index contributed by atoms with van der Waals surface area (Å²) in [5, 5.41) is 10.0. The normalized spacial score (nSPS) is 22.9. The van der Waals surface area contributed by atoms with Gasteiger partial charge in [-0.05, 0) is 162 Å². The summed E-state index contributed by atoms with van der Waals surface area (Å²) in [5.74, 6) is 1.25. The zero-order valence-corrected chi connectivity index (χ0v) is 40.3. The number of nitrogens with one attached hydrogen (secondary N) is 2. The van der Waals surface area contributed by atoms with Crippen molar-refractivity contribution in [2.75, 3.05) is 62.6 Å². The van der Waals surface area contributed by atoms with Gasteiger partial charge in [-0.2, -0.15) is 5.10 Å². The van der Waals surface area contributed by atoms with E-state index in [2.05, 4.69) is 72.3 Å². The lowest BCUT2D eigenvalue weighted by Crippen LogP contribution is -2.52. The van der Waals surface area contributed by atoms with Crippen molar-refractivity contribution >= 4 is 46.3 Å². The summed E-state index contributed by atoms with van der Waals surface area (Å²) < 4.78 is 10.2. The number of anilines is 2. The van der Waals surface area contributed by atoms with Crippen LogP contribution < -0.4 is 20.3 Å². The number of nitrogens with zero attached hydrogens (tertiary/aromatic N) is 9. The SMILES string of the molecule is Cc1cc2cc(n1)-c1cnn(C)c1OCCC[C@@H](C)Cn1c(nc3ccc(CN4CCC5(CC4)CCN(CC4CCN(c6ccc7c(c6)CN(C6CCC(=O)NC6=O)C7=O)CC4)CC5)cc31)NC2=O. The number of benzene rings is 2. The van der Waals surface area contributed by atoms with Gasteiger partial charge in [0.1, 0.15) is 6.04 Å². The first-order chi connectivity index (χ1) is 33.4. The molecule has 1 spiro atoms. The number of imidazole rings is 1. The number of aromatic nitrogens is 5. The van der Waals surface area contributed by atoms with E-state index in [0.29, 0.717) is 65.5 Å². The van der Waals surface area contributed by atoms with Gasteiger partial charge >= 0.3 is 0 Å². The Kier molecular flexibility index (Phi) is 12.2. The fraction of sp³-hybridized carbons (Fsp3) is 0.528. The average molecular weight is 936 g/mol. The molecule has 9 heterocycles. The van der Waals surface area contributed by atoms with Crippen LogP contribution in [0.15, 0.2) is 54.7 Å². The maximum absolute atomic E-state index is 13.9. The Balaban J connectivity index is 0.674.